The summed E-state index contributed by atoms with van der Waals surface area (Å²) in [7, 11) is 0. The highest BCUT2D eigenvalue weighted by Crippen LogP contribution is 2.04. The van der Waals surface area contributed by atoms with Crippen molar-refractivity contribution < 1.29 is 4.92 Å². The predicted molar refractivity (Wildman–Crippen MR) is 35.4 cm³/mol. The SMILES string of the molecule is NC1=C([N+](=O)[O-])C=CNC1. The van der Waals surface area contributed by atoms with Crippen molar-refractivity contribution >= 4 is 0 Å². The molecular weight excluding hydrogens is 134 g/mol. The Kier molecular flexibility index (Phi) is 1.57. The third kappa shape index (κ3) is 1.07. The Morgan fingerprint density at radius 1 is 1.80 bits per heavy atom. The van der Waals surface area contributed by atoms with Crippen LogP contribution in [-0.2, 0) is 0 Å². The van der Waals surface area contributed by atoms with Gasteiger partial charge in [0, 0.05) is 12.3 Å². The summed E-state index contributed by atoms with van der Waals surface area (Å²) in [5.41, 5.74) is 5.56. The van der Waals surface area contributed by atoms with Crippen LogP contribution in [0.4, 0.5) is 0 Å². The third-order valence-electron chi connectivity index (χ3n) is 1.18. The van der Waals surface area contributed by atoms with Crippen molar-refractivity contribution in [2.45, 2.75) is 0 Å². The Morgan fingerprint density at radius 2 is 2.50 bits per heavy atom. The molecule has 0 aromatic carbocycles. The highest BCUT2D eigenvalue weighted by Gasteiger charge is 2.14. The van der Waals surface area contributed by atoms with Gasteiger partial charge in [-0.25, -0.2) is 0 Å². The highest BCUT2D eigenvalue weighted by atomic mass is 16.6. The lowest BCUT2D eigenvalue weighted by Crippen LogP contribution is -2.23. The van der Waals surface area contributed by atoms with E-state index in [-0.39, 0.29) is 11.4 Å². The van der Waals surface area contributed by atoms with Crippen molar-refractivity contribution in [3.05, 3.63) is 33.8 Å². The van der Waals surface area contributed by atoms with E-state index in [0.29, 0.717) is 6.54 Å². The first-order valence-electron chi connectivity index (χ1n) is 2.75. The molecule has 0 aliphatic carbocycles. The van der Waals surface area contributed by atoms with Crippen LogP contribution in [-0.4, -0.2) is 11.5 Å². The van der Waals surface area contributed by atoms with E-state index in [0.717, 1.165) is 0 Å². The molecule has 0 spiro atoms. The van der Waals surface area contributed by atoms with Gasteiger partial charge in [0.25, 0.3) is 5.70 Å². The van der Waals surface area contributed by atoms with Gasteiger partial charge in [-0.1, -0.05) is 0 Å². The van der Waals surface area contributed by atoms with Crippen molar-refractivity contribution in [1.29, 1.82) is 0 Å². The normalized spacial score (nSPS) is 16.8. The number of hydrogen-bond donors (Lipinski definition) is 2. The fraction of sp³-hybridized carbons (Fsp3) is 0.200. The number of nitro groups is 1. The van der Waals surface area contributed by atoms with Crippen LogP contribution in [0.1, 0.15) is 0 Å². The summed E-state index contributed by atoms with van der Waals surface area (Å²) in [6.07, 6.45) is 2.85. The molecule has 1 rings (SSSR count). The number of nitrogens with two attached hydrogens (primary N) is 1. The van der Waals surface area contributed by atoms with Gasteiger partial charge in [0.05, 0.1) is 11.5 Å². The number of allylic oxidation sites excluding steroid dienone is 1. The van der Waals surface area contributed by atoms with Gasteiger partial charge in [0.15, 0.2) is 0 Å². The number of dihydropyridines is 1. The summed E-state index contributed by atoms with van der Waals surface area (Å²) < 4.78 is 0. The number of nitrogens with one attached hydrogen (secondary N) is 1. The second kappa shape index (κ2) is 2.38. The molecule has 0 aromatic heterocycles. The maximum atomic E-state index is 10.2. The van der Waals surface area contributed by atoms with Crippen molar-refractivity contribution in [2.24, 2.45) is 5.73 Å². The van der Waals surface area contributed by atoms with Gasteiger partial charge in [-0.15, -0.1) is 0 Å². The number of nitrogens with zero attached hydrogens (tertiary/aromatic N) is 1. The lowest BCUT2D eigenvalue weighted by atomic mass is 10.3. The van der Waals surface area contributed by atoms with Gasteiger partial charge in [-0.3, -0.25) is 10.1 Å². The minimum absolute atomic E-state index is 0.0150. The van der Waals surface area contributed by atoms with E-state index in [9.17, 15) is 10.1 Å². The molecular formula is C5H7N3O2. The molecule has 3 N–H and O–H groups in total. The van der Waals surface area contributed by atoms with E-state index in [1.807, 2.05) is 0 Å². The molecule has 5 heteroatoms. The van der Waals surface area contributed by atoms with E-state index < -0.39 is 4.92 Å². The van der Waals surface area contributed by atoms with Crippen LogP contribution in [0.3, 0.4) is 0 Å². The zero-order valence-corrected chi connectivity index (χ0v) is 5.20. The van der Waals surface area contributed by atoms with Crippen LogP contribution in [0.5, 0.6) is 0 Å². The molecule has 1 aliphatic heterocycles. The highest BCUT2D eigenvalue weighted by molar-refractivity contribution is 5.21. The van der Waals surface area contributed by atoms with Crippen molar-refractivity contribution in [3.8, 4) is 0 Å². The monoisotopic (exact) mass is 141 g/mol. The molecule has 0 aromatic rings. The van der Waals surface area contributed by atoms with E-state index in [1.54, 1.807) is 0 Å². The maximum absolute atomic E-state index is 10.2. The second-order valence-electron chi connectivity index (χ2n) is 1.88. The van der Waals surface area contributed by atoms with Gasteiger partial charge in [0.1, 0.15) is 5.70 Å². The quantitative estimate of drug-likeness (QED) is 0.383. The third-order valence-corrected chi connectivity index (χ3v) is 1.18. The molecule has 0 saturated carbocycles. The fourth-order valence-corrected chi connectivity index (χ4v) is 0.682. The van der Waals surface area contributed by atoms with Gasteiger partial charge in [-0.05, 0) is 0 Å². The summed E-state index contributed by atoms with van der Waals surface area (Å²) in [5.74, 6) is 0. The molecule has 5 nitrogen and oxygen atoms in total. The molecule has 1 heterocycles. The number of rotatable bonds is 1. The van der Waals surface area contributed by atoms with Gasteiger partial charge >= 0.3 is 0 Å². The zero-order valence-electron chi connectivity index (χ0n) is 5.20. The number of hydrogen-bond acceptors (Lipinski definition) is 4. The van der Waals surface area contributed by atoms with E-state index in [4.69, 9.17) is 5.73 Å². The van der Waals surface area contributed by atoms with Crippen molar-refractivity contribution in [1.82, 2.24) is 5.32 Å². The van der Waals surface area contributed by atoms with E-state index in [1.165, 1.54) is 12.3 Å². The molecule has 0 radical (unpaired) electrons. The molecule has 0 bridgehead atoms. The first kappa shape index (κ1) is 6.60. The molecule has 1 aliphatic rings. The van der Waals surface area contributed by atoms with Gasteiger partial charge in [0.2, 0.25) is 0 Å². The lowest BCUT2D eigenvalue weighted by Gasteiger charge is -2.05. The van der Waals surface area contributed by atoms with Crippen molar-refractivity contribution in [3.63, 3.8) is 0 Å². The Morgan fingerprint density at radius 3 is 2.90 bits per heavy atom. The summed E-state index contributed by atoms with van der Waals surface area (Å²) in [6, 6.07) is 0. The Hall–Kier alpha value is -1.52. The molecule has 0 unspecified atom stereocenters. The average molecular weight is 141 g/mol. The van der Waals surface area contributed by atoms with Crippen LogP contribution < -0.4 is 11.1 Å². The topological polar surface area (TPSA) is 81.2 Å². The average Bonchev–Trinajstić information content (AvgIpc) is 1.88. The first-order valence-corrected chi connectivity index (χ1v) is 2.75. The fourth-order valence-electron chi connectivity index (χ4n) is 0.682. The Labute approximate surface area is 57.4 Å². The van der Waals surface area contributed by atoms with E-state index in [2.05, 4.69) is 5.32 Å². The van der Waals surface area contributed by atoms with Crippen LogP contribution >= 0.6 is 0 Å². The zero-order chi connectivity index (χ0) is 7.56. The van der Waals surface area contributed by atoms with Crippen LogP contribution in [0.15, 0.2) is 23.7 Å². The largest absolute Gasteiger partial charge is 0.395 e. The summed E-state index contributed by atoms with van der Waals surface area (Å²) in [5, 5.41) is 12.9. The van der Waals surface area contributed by atoms with Crippen LogP contribution in [0, 0.1) is 10.1 Å². The smallest absolute Gasteiger partial charge is 0.291 e. The molecule has 10 heavy (non-hydrogen) atoms. The first-order chi connectivity index (χ1) is 4.72. The van der Waals surface area contributed by atoms with Crippen molar-refractivity contribution in [2.75, 3.05) is 6.54 Å². The summed E-state index contributed by atoms with van der Waals surface area (Å²) in [4.78, 5) is 9.66. The molecule has 54 valence electrons. The predicted octanol–water partition coefficient (Wildman–Crippen LogP) is -0.450. The van der Waals surface area contributed by atoms with Crippen LogP contribution in [0.25, 0.3) is 0 Å². The molecule has 0 fully saturated rings. The second-order valence-corrected chi connectivity index (χ2v) is 1.88. The maximum Gasteiger partial charge on any atom is 0.291 e. The van der Waals surface area contributed by atoms with E-state index >= 15 is 0 Å². The van der Waals surface area contributed by atoms with Gasteiger partial charge in [-0.2, -0.15) is 0 Å². The molecule has 0 amide bonds. The Balaban J connectivity index is 2.90. The van der Waals surface area contributed by atoms with Gasteiger partial charge < -0.3 is 11.1 Å². The molecule has 0 atom stereocenters. The lowest BCUT2D eigenvalue weighted by molar-refractivity contribution is -0.420. The summed E-state index contributed by atoms with van der Waals surface area (Å²) in [6.45, 7) is 0.354. The Bertz CT molecular complexity index is 219. The minimum Gasteiger partial charge on any atom is -0.395 e. The minimum atomic E-state index is -0.493. The standard InChI is InChI=1S/C5H7N3O2/c6-4-3-7-2-1-5(4)8(9)10/h1-2,7H,3,6H2. The molecule has 0 saturated heterocycles. The summed E-state index contributed by atoms with van der Waals surface area (Å²) >= 11 is 0. The van der Waals surface area contributed by atoms with Crippen LogP contribution in [0.2, 0.25) is 0 Å².